The summed E-state index contributed by atoms with van der Waals surface area (Å²) in [7, 11) is 3.20. The number of para-hydroxylation sites is 2. The SMILES string of the molecule is COc1ccc(OC)c(C=Nc2ccccc2O)c1. The predicted octanol–water partition coefficient (Wildman–Crippen LogP) is 3.16. The normalized spacial score (nSPS) is 10.6. The summed E-state index contributed by atoms with van der Waals surface area (Å²) in [6.45, 7) is 0. The van der Waals surface area contributed by atoms with Gasteiger partial charge in [0.25, 0.3) is 0 Å². The fourth-order valence-corrected chi connectivity index (χ4v) is 1.65. The molecule has 0 aliphatic rings. The maximum absolute atomic E-state index is 9.65. The highest BCUT2D eigenvalue weighted by atomic mass is 16.5. The second-order valence-electron chi connectivity index (χ2n) is 3.85. The molecule has 98 valence electrons. The van der Waals surface area contributed by atoms with Crippen LogP contribution in [0.4, 0.5) is 5.69 Å². The van der Waals surface area contributed by atoms with E-state index < -0.39 is 0 Å². The predicted molar refractivity (Wildman–Crippen MR) is 74.9 cm³/mol. The smallest absolute Gasteiger partial charge is 0.141 e. The molecule has 0 saturated carbocycles. The number of rotatable bonds is 4. The van der Waals surface area contributed by atoms with Crippen molar-refractivity contribution in [2.24, 2.45) is 4.99 Å². The van der Waals surface area contributed by atoms with Crippen LogP contribution in [0.25, 0.3) is 0 Å². The molecular formula is C15H15NO3. The molecule has 0 amide bonds. The van der Waals surface area contributed by atoms with Gasteiger partial charge >= 0.3 is 0 Å². The van der Waals surface area contributed by atoms with Crippen LogP contribution in [0.1, 0.15) is 5.56 Å². The molecule has 0 aliphatic heterocycles. The van der Waals surface area contributed by atoms with Crippen molar-refractivity contribution in [3.8, 4) is 17.2 Å². The molecule has 2 rings (SSSR count). The number of benzene rings is 2. The fraction of sp³-hybridized carbons (Fsp3) is 0.133. The molecule has 4 nitrogen and oxygen atoms in total. The van der Waals surface area contributed by atoms with Crippen LogP contribution in [0, 0.1) is 0 Å². The lowest BCUT2D eigenvalue weighted by Crippen LogP contribution is -1.92. The van der Waals surface area contributed by atoms with Crippen LogP contribution in [0.5, 0.6) is 17.2 Å². The molecule has 0 fully saturated rings. The first-order chi connectivity index (χ1) is 9.24. The van der Waals surface area contributed by atoms with Gasteiger partial charge in [-0.15, -0.1) is 0 Å². The van der Waals surface area contributed by atoms with Gasteiger partial charge in [-0.3, -0.25) is 4.99 Å². The van der Waals surface area contributed by atoms with Crippen molar-refractivity contribution in [2.75, 3.05) is 14.2 Å². The summed E-state index contributed by atoms with van der Waals surface area (Å²) in [6.07, 6.45) is 1.64. The van der Waals surface area contributed by atoms with Crippen LogP contribution < -0.4 is 9.47 Å². The van der Waals surface area contributed by atoms with E-state index in [4.69, 9.17) is 9.47 Å². The minimum Gasteiger partial charge on any atom is -0.506 e. The molecule has 0 radical (unpaired) electrons. The van der Waals surface area contributed by atoms with Gasteiger partial charge in [0.2, 0.25) is 0 Å². The third-order valence-corrected chi connectivity index (χ3v) is 2.66. The summed E-state index contributed by atoms with van der Waals surface area (Å²) < 4.78 is 10.4. The summed E-state index contributed by atoms with van der Waals surface area (Å²) in [5, 5.41) is 9.65. The average molecular weight is 257 g/mol. The fourth-order valence-electron chi connectivity index (χ4n) is 1.65. The van der Waals surface area contributed by atoms with E-state index in [1.165, 1.54) is 0 Å². The molecule has 0 aromatic heterocycles. The summed E-state index contributed by atoms with van der Waals surface area (Å²) in [5.41, 5.74) is 1.29. The van der Waals surface area contributed by atoms with Crippen molar-refractivity contribution < 1.29 is 14.6 Å². The molecule has 19 heavy (non-hydrogen) atoms. The van der Waals surface area contributed by atoms with Crippen LogP contribution in [0.15, 0.2) is 47.5 Å². The zero-order valence-corrected chi connectivity index (χ0v) is 10.8. The Morgan fingerprint density at radius 3 is 2.53 bits per heavy atom. The standard InChI is InChI=1S/C15H15NO3/c1-18-12-7-8-15(19-2)11(9-12)10-16-13-5-3-4-6-14(13)17/h3-10,17H,1-2H3. The number of methoxy groups -OCH3 is 2. The Bertz CT molecular complexity index is 594. The highest BCUT2D eigenvalue weighted by Crippen LogP contribution is 2.27. The lowest BCUT2D eigenvalue weighted by molar-refractivity contribution is 0.402. The van der Waals surface area contributed by atoms with Gasteiger partial charge in [0.05, 0.1) is 14.2 Å². The molecule has 4 heteroatoms. The third kappa shape index (κ3) is 3.04. The Morgan fingerprint density at radius 1 is 1.05 bits per heavy atom. The molecule has 0 spiro atoms. The topological polar surface area (TPSA) is 51.0 Å². The number of hydrogen-bond acceptors (Lipinski definition) is 4. The molecule has 2 aromatic carbocycles. The quantitative estimate of drug-likeness (QED) is 0.856. The third-order valence-electron chi connectivity index (χ3n) is 2.66. The Labute approximate surface area is 111 Å². The minimum atomic E-state index is 0.139. The van der Waals surface area contributed by atoms with E-state index in [1.54, 1.807) is 38.6 Å². The van der Waals surface area contributed by atoms with Gasteiger partial charge in [0.15, 0.2) is 0 Å². The minimum absolute atomic E-state index is 0.139. The van der Waals surface area contributed by atoms with Crippen LogP contribution in [-0.2, 0) is 0 Å². The van der Waals surface area contributed by atoms with Crippen molar-refractivity contribution in [1.82, 2.24) is 0 Å². The van der Waals surface area contributed by atoms with Crippen LogP contribution in [0.3, 0.4) is 0 Å². The summed E-state index contributed by atoms with van der Waals surface area (Å²) in [6, 6.07) is 12.3. The lowest BCUT2D eigenvalue weighted by Gasteiger charge is -2.06. The van der Waals surface area contributed by atoms with E-state index in [9.17, 15) is 5.11 Å². The molecular weight excluding hydrogens is 242 g/mol. The van der Waals surface area contributed by atoms with E-state index >= 15 is 0 Å². The first-order valence-corrected chi connectivity index (χ1v) is 5.78. The number of phenols is 1. The number of hydrogen-bond donors (Lipinski definition) is 1. The van der Waals surface area contributed by atoms with Crippen LogP contribution in [0.2, 0.25) is 0 Å². The van der Waals surface area contributed by atoms with E-state index in [0.29, 0.717) is 11.4 Å². The number of phenolic OH excluding ortho intramolecular Hbond substituents is 1. The van der Waals surface area contributed by atoms with Gasteiger partial charge in [0.1, 0.15) is 22.9 Å². The maximum atomic E-state index is 9.65. The molecule has 2 aromatic rings. The monoisotopic (exact) mass is 257 g/mol. The highest BCUT2D eigenvalue weighted by Gasteiger charge is 2.03. The summed E-state index contributed by atoms with van der Waals surface area (Å²) in [4.78, 5) is 4.25. The molecule has 0 atom stereocenters. The zero-order chi connectivity index (χ0) is 13.7. The van der Waals surface area contributed by atoms with Crippen LogP contribution >= 0.6 is 0 Å². The Hall–Kier alpha value is -2.49. The first kappa shape index (κ1) is 13.0. The zero-order valence-electron chi connectivity index (χ0n) is 10.8. The molecule has 0 heterocycles. The Kier molecular flexibility index (Phi) is 4.03. The van der Waals surface area contributed by atoms with Crippen molar-refractivity contribution >= 4 is 11.9 Å². The number of ether oxygens (including phenoxy) is 2. The van der Waals surface area contributed by atoms with Gasteiger partial charge in [-0.25, -0.2) is 0 Å². The number of nitrogens with zero attached hydrogens (tertiary/aromatic N) is 1. The van der Waals surface area contributed by atoms with E-state index in [-0.39, 0.29) is 5.75 Å². The van der Waals surface area contributed by atoms with Crippen molar-refractivity contribution in [3.63, 3.8) is 0 Å². The van der Waals surface area contributed by atoms with Gasteiger partial charge < -0.3 is 14.6 Å². The second-order valence-corrected chi connectivity index (χ2v) is 3.85. The van der Waals surface area contributed by atoms with E-state index in [1.807, 2.05) is 24.3 Å². The second kappa shape index (κ2) is 5.91. The molecule has 0 saturated heterocycles. The van der Waals surface area contributed by atoms with Gasteiger partial charge in [-0.2, -0.15) is 0 Å². The number of aromatic hydroxyl groups is 1. The number of aliphatic imine (C=N–C) groups is 1. The molecule has 0 bridgehead atoms. The lowest BCUT2D eigenvalue weighted by atomic mass is 10.2. The van der Waals surface area contributed by atoms with Crippen molar-refractivity contribution in [3.05, 3.63) is 48.0 Å². The van der Waals surface area contributed by atoms with Crippen LogP contribution in [-0.4, -0.2) is 25.5 Å². The molecule has 0 aliphatic carbocycles. The Morgan fingerprint density at radius 2 is 1.84 bits per heavy atom. The van der Waals surface area contributed by atoms with Gasteiger partial charge in [0, 0.05) is 11.8 Å². The van der Waals surface area contributed by atoms with Crippen molar-refractivity contribution in [2.45, 2.75) is 0 Å². The molecule has 1 N–H and O–H groups in total. The summed E-state index contributed by atoms with van der Waals surface area (Å²) >= 11 is 0. The van der Waals surface area contributed by atoms with E-state index in [2.05, 4.69) is 4.99 Å². The van der Waals surface area contributed by atoms with Crippen molar-refractivity contribution in [1.29, 1.82) is 0 Å². The largest absolute Gasteiger partial charge is 0.506 e. The maximum Gasteiger partial charge on any atom is 0.141 e. The Balaban J connectivity index is 2.34. The first-order valence-electron chi connectivity index (χ1n) is 5.78. The summed E-state index contributed by atoms with van der Waals surface area (Å²) in [5.74, 6) is 1.56. The molecule has 0 unspecified atom stereocenters. The van der Waals surface area contributed by atoms with E-state index in [0.717, 1.165) is 11.3 Å². The van der Waals surface area contributed by atoms with Gasteiger partial charge in [-0.1, -0.05) is 12.1 Å². The average Bonchev–Trinajstić information content (AvgIpc) is 2.46. The highest BCUT2D eigenvalue weighted by molar-refractivity contribution is 5.86. The van der Waals surface area contributed by atoms with Gasteiger partial charge in [-0.05, 0) is 30.3 Å².